The summed E-state index contributed by atoms with van der Waals surface area (Å²) in [6.07, 6.45) is 0.322. The molecule has 0 radical (unpaired) electrons. The maximum Gasteiger partial charge on any atom is 0.228 e. The molecular formula is C17H19NO3. The Bertz CT molecular complexity index is 593. The van der Waals surface area contributed by atoms with Crippen LogP contribution >= 0.6 is 0 Å². The second kappa shape index (κ2) is 7.33. The van der Waals surface area contributed by atoms with E-state index < -0.39 is 0 Å². The van der Waals surface area contributed by atoms with Gasteiger partial charge in [0.15, 0.2) is 0 Å². The second-order valence-corrected chi connectivity index (χ2v) is 4.53. The summed E-state index contributed by atoms with van der Waals surface area (Å²) in [5.74, 6) is 1.47. The molecule has 0 fully saturated rings. The highest BCUT2D eigenvalue weighted by molar-refractivity contribution is 5.92. The van der Waals surface area contributed by atoms with Gasteiger partial charge >= 0.3 is 0 Å². The van der Waals surface area contributed by atoms with Gasteiger partial charge in [-0.1, -0.05) is 18.2 Å². The fourth-order valence-electron chi connectivity index (χ4n) is 1.96. The molecule has 0 aliphatic rings. The lowest BCUT2D eigenvalue weighted by atomic mass is 10.1. The Labute approximate surface area is 124 Å². The lowest BCUT2D eigenvalue weighted by Gasteiger charge is -2.08. The van der Waals surface area contributed by atoms with Crippen LogP contribution in [0.4, 0.5) is 5.69 Å². The molecule has 0 aliphatic carbocycles. The van der Waals surface area contributed by atoms with Crippen LogP contribution in [0.15, 0.2) is 48.5 Å². The third-order valence-electron chi connectivity index (χ3n) is 2.95. The van der Waals surface area contributed by atoms with Crippen molar-refractivity contribution in [3.05, 3.63) is 54.1 Å². The quantitative estimate of drug-likeness (QED) is 0.886. The summed E-state index contributed by atoms with van der Waals surface area (Å²) >= 11 is 0. The predicted molar refractivity (Wildman–Crippen MR) is 82.9 cm³/mol. The summed E-state index contributed by atoms with van der Waals surface area (Å²) in [5.41, 5.74) is 1.67. The normalized spacial score (nSPS) is 10.0. The number of hydrogen-bond donors (Lipinski definition) is 1. The van der Waals surface area contributed by atoms with Gasteiger partial charge in [-0.15, -0.1) is 0 Å². The SMILES string of the molecule is CCOc1cccc(NC(=O)Cc2ccc(OC)cc2)c1. The van der Waals surface area contributed by atoms with Crippen molar-refractivity contribution in [1.82, 2.24) is 0 Å². The molecule has 1 N–H and O–H groups in total. The number of rotatable bonds is 6. The van der Waals surface area contributed by atoms with Gasteiger partial charge in [-0.2, -0.15) is 0 Å². The number of amides is 1. The van der Waals surface area contributed by atoms with Gasteiger partial charge in [0.2, 0.25) is 5.91 Å². The van der Waals surface area contributed by atoms with Crippen LogP contribution in [-0.2, 0) is 11.2 Å². The van der Waals surface area contributed by atoms with E-state index in [9.17, 15) is 4.79 Å². The molecule has 2 aromatic carbocycles. The number of nitrogens with one attached hydrogen (secondary N) is 1. The molecule has 4 heteroatoms. The number of ether oxygens (including phenoxy) is 2. The Morgan fingerprint density at radius 3 is 2.52 bits per heavy atom. The Balaban J connectivity index is 1.95. The van der Waals surface area contributed by atoms with Gasteiger partial charge in [-0.25, -0.2) is 0 Å². The molecule has 21 heavy (non-hydrogen) atoms. The van der Waals surface area contributed by atoms with Crippen molar-refractivity contribution in [1.29, 1.82) is 0 Å². The Kier molecular flexibility index (Phi) is 5.21. The van der Waals surface area contributed by atoms with Gasteiger partial charge in [-0.3, -0.25) is 4.79 Å². The molecule has 0 unspecified atom stereocenters. The van der Waals surface area contributed by atoms with Crippen LogP contribution in [0.3, 0.4) is 0 Å². The van der Waals surface area contributed by atoms with E-state index in [2.05, 4.69) is 5.32 Å². The first-order chi connectivity index (χ1) is 10.2. The third kappa shape index (κ3) is 4.53. The molecule has 0 aromatic heterocycles. The number of methoxy groups -OCH3 is 1. The molecule has 0 aliphatic heterocycles. The number of anilines is 1. The number of carbonyl (C=O) groups excluding carboxylic acids is 1. The van der Waals surface area contributed by atoms with Gasteiger partial charge in [0.25, 0.3) is 0 Å². The molecule has 0 atom stereocenters. The highest BCUT2D eigenvalue weighted by atomic mass is 16.5. The summed E-state index contributed by atoms with van der Waals surface area (Å²) in [7, 11) is 1.62. The van der Waals surface area contributed by atoms with Gasteiger partial charge in [0.05, 0.1) is 20.1 Å². The van der Waals surface area contributed by atoms with Gasteiger partial charge in [-0.05, 0) is 36.8 Å². The first kappa shape index (κ1) is 14.9. The van der Waals surface area contributed by atoms with Gasteiger partial charge in [0, 0.05) is 11.8 Å². The minimum Gasteiger partial charge on any atom is -0.497 e. The van der Waals surface area contributed by atoms with Crippen LogP contribution in [0.25, 0.3) is 0 Å². The van der Waals surface area contributed by atoms with Gasteiger partial charge < -0.3 is 14.8 Å². The molecular weight excluding hydrogens is 266 g/mol. The minimum absolute atomic E-state index is 0.0613. The Hall–Kier alpha value is -2.49. The monoisotopic (exact) mass is 285 g/mol. The summed E-state index contributed by atoms with van der Waals surface area (Å²) in [5, 5.41) is 2.87. The van der Waals surface area contributed by atoms with E-state index in [-0.39, 0.29) is 5.91 Å². The second-order valence-electron chi connectivity index (χ2n) is 4.53. The number of benzene rings is 2. The molecule has 1 amide bonds. The summed E-state index contributed by atoms with van der Waals surface area (Å²) in [6.45, 7) is 2.53. The summed E-state index contributed by atoms with van der Waals surface area (Å²) in [4.78, 5) is 12.0. The number of carbonyl (C=O) groups is 1. The number of hydrogen-bond acceptors (Lipinski definition) is 3. The first-order valence-corrected chi connectivity index (χ1v) is 6.87. The Morgan fingerprint density at radius 1 is 1.10 bits per heavy atom. The molecule has 110 valence electrons. The zero-order chi connectivity index (χ0) is 15.1. The maximum absolute atomic E-state index is 12.0. The van der Waals surface area contributed by atoms with E-state index in [1.54, 1.807) is 7.11 Å². The van der Waals surface area contributed by atoms with Crippen LogP contribution in [0.5, 0.6) is 11.5 Å². The minimum atomic E-state index is -0.0613. The zero-order valence-corrected chi connectivity index (χ0v) is 12.3. The molecule has 0 bridgehead atoms. The topological polar surface area (TPSA) is 47.6 Å². The molecule has 2 aromatic rings. The average molecular weight is 285 g/mol. The Morgan fingerprint density at radius 2 is 1.86 bits per heavy atom. The molecule has 0 spiro atoms. The van der Waals surface area contributed by atoms with Crippen molar-refractivity contribution in [2.24, 2.45) is 0 Å². The van der Waals surface area contributed by atoms with Crippen molar-refractivity contribution < 1.29 is 14.3 Å². The van der Waals surface area contributed by atoms with Crippen molar-refractivity contribution >= 4 is 11.6 Å². The van der Waals surface area contributed by atoms with Crippen molar-refractivity contribution in [2.75, 3.05) is 19.0 Å². The van der Waals surface area contributed by atoms with Gasteiger partial charge in [0.1, 0.15) is 11.5 Å². The molecule has 0 saturated heterocycles. The lowest BCUT2D eigenvalue weighted by molar-refractivity contribution is -0.115. The van der Waals surface area contributed by atoms with Crippen LogP contribution in [0, 0.1) is 0 Å². The highest BCUT2D eigenvalue weighted by Crippen LogP contribution is 2.18. The predicted octanol–water partition coefficient (Wildman–Crippen LogP) is 3.28. The van der Waals surface area contributed by atoms with E-state index >= 15 is 0 Å². The van der Waals surface area contributed by atoms with Crippen molar-refractivity contribution in [2.45, 2.75) is 13.3 Å². The zero-order valence-electron chi connectivity index (χ0n) is 12.3. The smallest absolute Gasteiger partial charge is 0.228 e. The van der Waals surface area contributed by atoms with Crippen molar-refractivity contribution in [3.8, 4) is 11.5 Å². The van der Waals surface area contributed by atoms with E-state index in [0.717, 1.165) is 22.7 Å². The van der Waals surface area contributed by atoms with E-state index in [0.29, 0.717) is 13.0 Å². The van der Waals surface area contributed by atoms with Crippen LogP contribution in [0.2, 0.25) is 0 Å². The molecule has 0 heterocycles. The molecule has 2 rings (SSSR count). The first-order valence-electron chi connectivity index (χ1n) is 6.87. The standard InChI is InChI=1S/C17H19NO3/c1-3-21-16-6-4-5-14(12-16)18-17(19)11-13-7-9-15(20-2)10-8-13/h4-10,12H,3,11H2,1-2H3,(H,18,19). The third-order valence-corrected chi connectivity index (χ3v) is 2.95. The lowest BCUT2D eigenvalue weighted by Crippen LogP contribution is -2.14. The van der Waals surface area contributed by atoms with E-state index in [4.69, 9.17) is 9.47 Å². The maximum atomic E-state index is 12.0. The molecule has 0 saturated carbocycles. The fraction of sp³-hybridized carbons (Fsp3) is 0.235. The summed E-state index contributed by atoms with van der Waals surface area (Å²) in [6, 6.07) is 14.8. The van der Waals surface area contributed by atoms with E-state index in [1.807, 2.05) is 55.5 Å². The van der Waals surface area contributed by atoms with Crippen LogP contribution in [-0.4, -0.2) is 19.6 Å². The van der Waals surface area contributed by atoms with Crippen LogP contribution < -0.4 is 14.8 Å². The van der Waals surface area contributed by atoms with E-state index in [1.165, 1.54) is 0 Å². The van der Waals surface area contributed by atoms with Crippen molar-refractivity contribution in [3.63, 3.8) is 0 Å². The largest absolute Gasteiger partial charge is 0.497 e. The highest BCUT2D eigenvalue weighted by Gasteiger charge is 2.05. The summed E-state index contributed by atoms with van der Waals surface area (Å²) < 4.78 is 10.5. The average Bonchev–Trinajstić information content (AvgIpc) is 2.48. The van der Waals surface area contributed by atoms with Crippen LogP contribution in [0.1, 0.15) is 12.5 Å². The molecule has 4 nitrogen and oxygen atoms in total. The fourth-order valence-corrected chi connectivity index (χ4v) is 1.96.